The molecule has 0 radical (unpaired) electrons. The van der Waals surface area contributed by atoms with Crippen LogP contribution < -0.4 is 0 Å². The molecular weight excluding hydrogens is 381 g/mol. The van der Waals surface area contributed by atoms with Crippen molar-refractivity contribution in [3.05, 3.63) is 28.0 Å². The summed E-state index contributed by atoms with van der Waals surface area (Å²) in [6.07, 6.45) is 0.986. The minimum atomic E-state index is -3.84. The Morgan fingerprint density at radius 1 is 1.33 bits per heavy atom. The second-order valence-electron chi connectivity index (χ2n) is 5.78. The van der Waals surface area contributed by atoms with Gasteiger partial charge in [0.15, 0.2) is 0 Å². The monoisotopic (exact) mass is 397 g/mol. The molecule has 2 atom stereocenters. The third-order valence-electron chi connectivity index (χ3n) is 3.68. The van der Waals surface area contributed by atoms with E-state index in [-0.39, 0.29) is 28.2 Å². The van der Waals surface area contributed by atoms with Crippen molar-refractivity contribution in [1.82, 2.24) is 4.31 Å². The van der Waals surface area contributed by atoms with Crippen LogP contribution in [0.25, 0.3) is 0 Å². The summed E-state index contributed by atoms with van der Waals surface area (Å²) in [5, 5.41) is 0. The summed E-state index contributed by atoms with van der Waals surface area (Å²) in [5.41, 5.74) is 0.183. The Kier molecular flexibility index (Phi) is 5.34. The van der Waals surface area contributed by atoms with Crippen LogP contribution in [0.5, 0.6) is 0 Å². The van der Waals surface area contributed by atoms with Gasteiger partial charge in [-0.3, -0.25) is 0 Å². The van der Waals surface area contributed by atoms with Crippen molar-refractivity contribution in [2.75, 3.05) is 13.1 Å². The Balaban J connectivity index is 2.47. The number of piperidine rings is 1. The normalized spacial score (nSPS) is 24.2. The first-order valence-electron chi connectivity index (χ1n) is 6.79. The molecule has 1 saturated heterocycles. The zero-order valence-corrected chi connectivity index (χ0v) is 15.1. The Morgan fingerprint density at radius 2 is 1.90 bits per heavy atom. The summed E-state index contributed by atoms with van der Waals surface area (Å²) < 4.78 is 41.8. The number of halogens is 3. The molecule has 0 aromatic heterocycles. The van der Waals surface area contributed by atoms with Crippen LogP contribution in [-0.4, -0.2) is 25.8 Å². The summed E-state index contributed by atoms with van der Waals surface area (Å²) in [6.45, 7) is 4.88. The fraction of sp³-hybridized carbons (Fsp3) is 0.571. The van der Waals surface area contributed by atoms with Crippen molar-refractivity contribution >= 4 is 37.6 Å². The summed E-state index contributed by atoms with van der Waals surface area (Å²) >= 11 is 8.91. The fourth-order valence-electron chi connectivity index (χ4n) is 2.84. The zero-order valence-electron chi connectivity index (χ0n) is 11.9. The highest BCUT2D eigenvalue weighted by atomic mass is 79.9. The second-order valence-corrected chi connectivity index (χ2v) is 8.87. The average molecular weight is 399 g/mol. The van der Waals surface area contributed by atoms with Crippen LogP contribution in [0.15, 0.2) is 21.5 Å². The summed E-state index contributed by atoms with van der Waals surface area (Å²) in [7, 11) is -3.84. The van der Waals surface area contributed by atoms with E-state index in [1.165, 1.54) is 16.4 Å². The first-order chi connectivity index (χ1) is 9.75. The van der Waals surface area contributed by atoms with E-state index in [1.807, 2.05) is 13.8 Å². The number of benzene rings is 1. The third kappa shape index (κ3) is 3.60. The van der Waals surface area contributed by atoms with Crippen LogP contribution >= 0.6 is 27.5 Å². The zero-order chi connectivity index (χ0) is 15.8. The van der Waals surface area contributed by atoms with Gasteiger partial charge in [-0.05, 0) is 30.4 Å². The lowest BCUT2D eigenvalue weighted by molar-refractivity contribution is 0.222. The topological polar surface area (TPSA) is 37.4 Å². The molecule has 7 heteroatoms. The van der Waals surface area contributed by atoms with Crippen molar-refractivity contribution in [3.8, 4) is 0 Å². The van der Waals surface area contributed by atoms with Crippen molar-refractivity contribution in [3.63, 3.8) is 0 Å². The molecule has 0 amide bonds. The highest BCUT2D eigenvalue weighted by Gasteiger charge is 2.34. The van der Waals surface area contributed by atoms with Gasteiger partial charge in [0.2, 0.25) is 10.0 Å². The molecule has 0 bridgehead atoms. The maximum Gasteiger partial charge on any atom is 0.246 e. The number of rotatable bonds is 3. The Morgan fingerprint density at radius 3 is 2.43 bits per heavy atom. The molecule has 1 aliphatic heterocycles. The van der Waals surface area contributed by atoms with Gasteiger partial charge in [0.05, 0.1) is 5.88 Å². The largest absolute Gasteiger partial charge is 0.246 e. The van der Waals surface area contributed by atoms with E-state index >= 15 is 0 Å². The molecule has 21 heavy (non-hydrogen) atoms. The number of hydrogen-bond acceptors (Lipinski definition) is 2. The minimum Gasteiger partial charge on any atom is -0.207 e. The molecule has 1 aliphatic rings. The summed E-state index contributed by atoms with van der Waals surface area (Å²) in [4.78, 5) is -0.297. The molecular formula is C14H18BrClFNO2S. The lowest BCUT2D eigenvalue weighted by atomic mass is 9.94. The number of alkyl halides is 1. The van der Waals surface area contributed by atoms with E-state index in [9.17, 15) is 12.8 Å². The molecule has 0 saturated carbocycles. The van der Waals surface area contributed by atoms with E-state index < -0.39 is 15.8 Å². The van der Waals surface area contributed by atoms with Crippen LogP contribution in [0.2, 0.25) is 0 Å². The quantitative estimate of drug-likeness (QED) is 0.722. The predicted octanol–water partition coefficient (Wildman–Crippen LogP) is 3.99. The Labute approximate surface area is 138 Å². The van der Waals surface area contributed by atoms with Crippen LogP contribution in [0, 0.1) is 17.7 Å². The third-order valence-corrected chi connectivity index (χ3v) is 6.25. The molecule has 2 unspecified atom stereocenters. The van der Waals surface area contributed by atoms with Crippen molar-refractivity contribution < 1.29 is 12.8 Å². The van der Waals surface area contributed by atoms with Gasteiger partial charge in [0, 0.05) is 23.1 Å². The first kappa shape index (κ1) is 17.2. The molecule has 1 heterocycles. The molecule has 1 fully saturated rings. The molecule has 1 aromatic rings. The van der Waals surface area contributed by atoms with Gasteiger partial charge in [-0.15, -0.1) is 11.6 Å². The summed E-state index contributed by atoms with van der Waals surface area (Å²) in [5.74, 6) is -0.280. The number of hydrogen-bond donors (Lipinski definition) is 0. The SMILES string of the molecule is CC1CC(C)CN(S(=O)(=O)c2cc(Br)cc(CCl)c2F)C1. The molecule has 3 nitrogen and oxygen atoms in total. The van der Waals surface area contributed by atoms with E-state index in [4.69, 9.17) is 11.6 Å². The lowest BCUT2D eigenvalue weighted by Crippen LogP contribution is -2.42. The van der Waals surface area contributed by atoms with Crippen molar-refractivity contribution in [2.24, 2.45) is 11.8 Å². The minimum absolute atomic E-state index is 0.0689. The van der Waals surface area contributed by atoms with Gasteiger partial charge in [-0.25, -0.2) is 12.8 Å². The molecule has 1 aromatic carbocycles. The predicted molar refractivity (Wildman–Crippen MR) is 85.4 cm³/mol. The Bertz CT molecular complexity index is 628. The lowest BCUT2D eigenvalue weighted by Gasteiger charge is -2.34. The van der Waals surface area contributed by atoms with Crippen LogP contribution in [0.1, 0.15) is 25.8 Å². The van der Waals surface area contributed by atoms with Gasteiger partial charge in [0.1, 0.15) is 10.7 Å². The highest BCUT2D eigenvalue weighted by Crippen LogP contribution is 2.31. The molecule has 2 rings (SSSR count). The van der Waals surface area contributed by atoms with E-state index in [1.54, 1.807) is 0 Å². The van der Waals surface area contributed by atoms with Gasteiger partial charge in [-0.2, -0.15) is 4.31 Å². The first-order valence-corrected chi connectivity index (χ1v) is 9.56. The maximum absolute atomic E-state index is 14.4. The average Bonchev–Trinajstić information content (AvgIpc) is 2.39. The van der Waals surface area contributed by atoms with Gasteiger partial charge in [0.25, 0.3) is 0 Å². The number of sulfonamides is 1. The van der Waals surface area contributed by atoms with Crippen LogP contribution in [0.4, 0.5) is 4.39 Å². The van der Waals surface area contributed by atoms with Gasteiger partial charge in [-0.1, -0.05) is 29.8 Å². The van der Waals surface area contributed by atoms with Crippen molar-refractivity contribution in [2.45, 2.75) is 31.0 Å². The van der Waals surface area contributed by atoms with E-state index in [0.717, 1.165) is 6.42 Å². The molecule has 0 spiro atoms. The highest BCUT2D eigenvalue weighted by molar-refractivity contribution is 9.10. The summed E-state index contributed by atoms with van der Waals surface area (Å²) in [6, 6.07) is 2.81. The molecule has 0 N–H and O–H groups in total. The molecule has 118 valence electrons. The fourth-order valence-corrected chi connectivity index (χ4v) is 5.51. The van der Waals surface area contributed by atoms with Crippen LogP contribution in [0.3, 0.4) is 0 Å². The maximum atomic E-state index is 14.4. The van der Waals surface area contributed by atoms with E-state index in [0.29, 0.717) is 17.6 Å². The van der Waals surface area contributed by atoms with Gasteiger partial charge >= 0.3 is 0 Å². The molecule has 0 aliphatic carbocycles. The second kappa shape index (κ2) is 6.52. The van der Waals surface area contributed by atoms with Crippen LogP contribution in [-0.2, 0) is 15.9 Å². The smallest absolute Gasteiger partial charge is 0.207 e. The van der Waals surface area contributed by atoms with Gasteiger partial charge < -0.3 is 0 Å². The standard InChI is InChI=1S/C14H18BrClFNO2S/c1-9-3-10(2)8-18(7-9)21(19,20)13-5-12(15)4-11(6-16)14(13)17/h4-5,9-10H,3,6-8H2,1-2H3. The van der Waals surface area contributed by atoms with Crippen molar-refractivity contribution in [1.29, 1.82) is 0 Å². The van der Waals surface area contributed by atoms with E-state index in [2.05, 4.69) is 15.9 Å². The Hall–Kier alpha value is -0.170. The number of nitrogens with zero attached hydrogens (tertiary/aromatic N) is 1.